The molecule has 0 saturated carbocycles. The fraction of sp³-hybridized carbons (Fsp3) is 0. The highest BCUT2D eigenvalue weighted by Crippen LogP contribution is 2.38. The standard InChI is InChI=1S/C14H4I2N2O4/c15-17-11(19)5-1-2-6-10-8(14(22)18(16)12(6)20)4-3-7(9(5)10)13(17)21/h1-4H. The van der Waals surface area contributed by atoms with Gasteiger partial charge in [-0.3, -0.25) is 19.2 Å². The molecule has 0 fully saturated rings. The van der Waals surface area contributed by atoms with Crippen LogP contribution in [0.15, 0.2) is 24.3 Å². The predicted molar refractivity (Wildman–Crippen MR) is 93.0 cm³/mol. The average molecular weight is 518 g/mol. The van der Waals surface area contributed by atoms with Crippen LogP contribution in [0.3, 0.4) is 0 Å². The third-order valence-electron chi connectivity index (χ3n) is 3.80. The van der Waals surface area contributed by atoms with E-state index in [-0.39, 0.29) is 0 Å². The average Bonchev–Trinajstić information content (AvgIpc) is 2.53. The van der Waals surface area contributed by atoms with Gasteiger partial charge in [-0.15, -0.1) is 0 Å². The SMILES string of the molecule is O=C1c2ccc3c4c(ccc(c24)C(=O)N1I)C(=O)N(I)C3=O. The molecule has 2 aliphatic heterocycles. The minimum absolute atomic E-state index is 0.326. The quantitative estimate of drug-likeness (QED) is 0.306. The number of carbonyl (C=O) groups excluding carboxylic acids is 4. The fourth-order valence-electron chi connectivity index (χ4n) is 2.82. The first-order valence-corrected chi connectivity index (χ1v) is 8.05. The maximum atomic E-state index is 12.3. The van der Waals surface area contributed by atoms with Gasteiger partial charge in [0.1, 0.15) is 0 Å². The number of carbonyl (C=O) groups is 4. The van der Waals surface area contributed by atoms with Crippen molar-refractivity contribution in [3.05, 3.63) is 46.5 Å². The van der Waals surface area contributed by atoms with Crippen LogP contribution in [0.2, 0.25) is 0 Å². The first-order valence-electron chi connectivity index (χ1n) is 6.12. The van der Waals surface area contributed by atoms with Crippen LogP contribution in [0.5, 0.6) is 0 Å². The van der Waals surface area contributed by atoms with Gasteiger partial charge in [0.25, 0.3) is 23.6 Å². The van der Waals surface area contributed by atoms with E-state index in [0.29, 0.717) is 33.0 Å². The van der Waals surface area contributed by atoms with Gasteiger partial charge >= 0.3 is 0 Å². The molecule has 2 heterocycles. The van der Waals surface area contributed by atoms with Crippen molar-refractivity contribution >= 4 is 80.1 Å². The molecule has 0 radical (unpaired) electrons. The second-order valence-corrected chi connectivity index (χ2v) is 6.78. The Morgan fingerprint density at radius 2 is 0.773 bits per heavy atom. The van der Waals surface area contributed by atoms with E-state index in [0.717, 1.165) is 6.23 Å². The Morgan fingerprint density at radius 1 is 0.545 bits per heavy atom. The van der Waals surface area contributed by atoms with Crippen molar-refractivity contribution in [2.75, 3.05) is 0 Å². The molecule has 2 aromatic carbocycles. The van der Waals surface area contributed by atoms with Crippen LogP contribution in [0.4, 0.5) is 0 Å². The van der Waals surface area contributed by atoms with Crippen molar-refractivity contribution < 1.29 is 19.2 Å². The third kappa shape index (κ3) is 1.54. The maximum absolute atomic E-state index is 12.3. The highest BCUT2D eigenvalue weighted by Gasteiger charge is 2.38. The van der Waals surface area contributed by atoms with Crippen molar-refractivity contribution in [3.8, 4) is 0 Å². The van der Waals surface area contributed by atoms with Crippen molar-refractivity contribution in [1.29, 1.82) is 0 Å². The van der Waals surface area contributed by atoms with Crippen LogP contribution < -0.4 is 0 Å². The Morgan fingerprint density at radius 3 is 1.00 bits per heavy atom. The number of halogens is 2. The van der Waals surface area contributed by atoms with Gasteiger partial charge in [-0.05, 0) is 24.3 Å². The van der Waals surface area contributed by atoms with Gasteiger partial charge in [0, 0.05) is 33.0 Å². The summed E-state index contributed by atoms with van der Waals surface area (Å²) in [6, 6.07) is 6.13. The fourth-order valence-corrected chi connectivity index (χ4v) is 3.86. The van der Waals surface area contributed by atoms with Crippen molar-refractivity contribution in [2.45, 2.75) is 0 Å². The van der Waals surface area contributed by atoms with E-state index in [1.54, 1.807) is 45.7 Å². The molecule has 0 saturated heterocycles. The van der Waals surface area contributed by atoms with Crippen LogP contribution in [0, 0.1) is 0 Å². The molecule has 22 heavy (non-hydrogen) atoms. The lowest BCUT2D eigenvalue weighted by atomic mass is 9.87. The van der Waals surface area contributed by atoms with E-state index < -0.39 is 23.6 Å². The minimum atomic E-state index is -0.446. The first kappa shape index (κ1) is 14.1. The summed E-state index contributed by atoms with van der Waals surface area (Å²) in [4.78, 5) is 49.1. The van der Waals surface area contributed by atoms with Gasteiger partial charge in [-0.2, -0.15) is 0 Å². The molecule has 108 valence electrons. The zero-order valence-corrected chi connectivity index (χ0v) is 14.9. The van der Waals surface area contributed by atoms with Crippen LogP contribution in [-0.4, -0.2) is 29.9 Å². The Balaban J connectivity index is 2.24. The molecule has 0 atom stereocenters. The second-order valence-electron chi connectivity index (χ2n) is 4.85. The molecular formula is C14H4I2N2O4. The molecule has 0 N–H and O–H groups in total. The molecule has 0 aliphatic carbocycles. The topological polar surface area (TPSA) is 74.8 Å². The smallest absolute Gasteiger partial charge is 0.268 e. The van der Waals surface area contributed by atoms with Crippen molar-refractivity contribution in [1.82, 2.24) is 6.23 Å². The van der Waals surface area contributed by atoms with E-state index in [2.05, 4.69) is 0 Å². The summed E-state index contributed by atoms with van der Waals surface area (Å²) in [5.74, 6) is -1.78. The molecule has 4 rings (SSSR count). The Hall–Kier alpha value is -1.56. The van der Waals surface area contributed by atoms with E-state index in [1.807, 2.05) is 0 Å². The zero-order chi connectivity index (χ0) is 15.8. The maximum Gasteiger partial charge on any atom is 0.270 e. The number of amides is 4. The highest BCUT2D eigenvalue weighted by atomic mass is 127. The number of hydrogen-bond acceptors (Lipinski definition) is 4. The molecule has 0 bridgehead atoms. The predicted octanol–water partition coefficient (Wildman–Crippen LogP) is 2.73. The largest absolute Gasteiger partial charge is 0.270 e. The molecule has 0 unspecified atom stereocenters. The summed E-state index contributed by atoms with van der Waals surface area (Å²) in [6.45, 7) is 0. The summed E-state index contributed by atoms with van der Waals surface area (Å²) < 4.78 is 2.02. The van der Waals surface area contributed by atoms with Crippen molar-refractivity contribution in [2.24, 2.45) is 0 Å². The minimum Gasteiger partial charge on any atom is -0.268 e. The van der Waals surface area contributed by atoms with Crippen molar-refractivity contribution in [3.63, 3.8) is 0 Å². The number of imide groups is 2. The van der Waals surface area contributed by atoms with E-state index >= 15 is 0 Å². The summed E-state index contributed by atoms with van der Waals surface area (Å²) in [5.41, 5.74) is 1.30. The third-order valence-corrected chi connectivity index (χ3v) is 5.55. The lowest BCUT2D eigenvalue weighted by Crippen LogP contribution is -2.36. The van der Waals surface area contributed by atoms with Gasteiger partial charge in [0.05, 0.1) is 45.7 Å². The van der Waals surface area contributed by atoms with E-state index in [9.17, 15) is 19.2 Å². The Labute approximate surface area is 151 Å². The van der Waals surface area contributed by atoms with Gasteiger partial charge in [0.15, 0.2) is 0 Å². The van der Waals surface area contributed by atoms with Gasteiger partial charge in [-0.25, -0.2) is 6.23 Å². The normalized spacial score (nSPS) is 16.8. The van der Waals surface area contributed by atoms with Crippen LogP contribution in [0.1, 0.15) is 41.4 Å². The van der Waals surface area contributed by atoms with Gasteiger partial charge in [0.2, 0.25) is 0 Å². The summed E-state index contributed by atoms with van der Waals surface area (Å²) >= 11 is 3.32. The summed E-state index contributed by atoms with van der Waals surface area (Å²) in [6.07, 6.45) is 0. The number of benzene rings is 2. The van der Waals surface area contributed by atoms with Crippen LogP contribution in [0.25, 0.3) is 10.8 Å². The lowest BCUT2D eigenvalue weighted by molar-refractivity contribution is 0.0736. The second kappa shape index (κ2) is 4.47. The molecule has 6 nitrogen and oxygen atoms in total. The highest BCUT2D eigenvalue weighted by molar-refractivity contribution is 14.1. The Bertz CT molecular complexity index is 806. The van der Waals surface area contributed by atoms with Crippen LogP contribution >= 0.6 is 45.7 Å². The van der Waals surface area contributed by atoms with Gasteiger partial charge in [-0.1, -0.05) is 0 Å². The molecular weight excluding hydrogens is 514 g/mol. The number of nitrogens with zero attached hydrogens (tertiary/aromatic N) is 2. The monoisotopic (exact) mass is 518 g/mol. The Kier molecular flexibility index (Phi) is 2.86. The first-order chi connectivity index (χ1) is 10.4. The molecule has 4 amide bonds. The van der Waals surface area contributed by atoms with E-state index in [4.69, 9.17) is 0 Å². The molecule has 2 aromatic rings. The lowest BCUT2D eigenvalue weighted by Gasteiger charge is -2.27. The van der Waals surface area contributed by atoms with Gasteiger partial charge < -0.3 is 0 Å². The molecule has 8 heteroatoms. The van der Waals surface area contributed by atoms with Crippen LogP contribution in [-0.2, 0) is 0 Å². The molecule has 0 spiro atoms. The number of hydrogen-bond donors (Lipinski definition) is 0. The molecule has 2 aliphatic rings. The molecule has 0 aromatic heterocycles. The zero-order valence-electron chi connectivity index (χ0n) is 10.6. The van der Waals surface area contributed by atoms with E-state index in [1.165, 1.54) is 24.3 Å². The summed E-state index contributed by atoms with van der Waals surface area (Å²) in [5, 5.41) is 0.785. The number of rotatable bonds is 0. The summed E-state index contributed by atoms with van der Waals surface area (Å²) in [7, 11) is 0.